The maximum absolute atomic E-state index is 11.5. The Balaban J connectivity index is 2.55. The van der Waals surface area contributed by atoms with Gasteiger partial charge < -0.3 is 4.74 Å². The second-order valence-corrected chi connectivity index (χ2v) is 4.06. The van der Waals surface area contributed by atoms with Gasteiger partial charge in [0.25, 0.3) is 0 Å². The first-order valence-corrected chi connectivity index (χ1v) is 5.65. The van der Waals surface area contributed by atoms with E-state index in [4.69, 9.17) is 4.74 Å². The van der Waals surface area contributed by atoms with E-state index in [1.807, 2.05) is 6.07 Å². The lowest BCUT2D eigenvalue weighted by Gasteiger charge is -2.01. The average molecular weight is 214 g/mol. The minimum Gasteiger partial charge on any atom is -0.465 e. The van der Waals surface area contributed by atoms with Gasteiger partial charge in [0.1, 0.15) is 5.75 Å². The largest absolute Gasteiger partial charge is 0.465 e. The molecule has 14 heavy (non-hydrogen) atoms. The third-order valence-electron chi connectivity index (χ3n) is 1.56. The molecular formula is C10H12O3S. The molecule has 0 amide bonds. The molecule has 0 aliphatic heterocycles. The summed E-state index contributed by atoms with van der Waals surface area (Å²) in [7, 11) is -1.29. The summed E-state index contributed by atoms with van der Waals surface area (Å²) < 4.78 is 16.2. The molecule has 1 atom stereocenters. The molecule has 4 heteroatoms. The minimum absolute atomic E-state index is 0.0716. The van der Waals surface area contributed by atoms with Gasteiger partial charge in [-0.3, -0.25) is 9.00 Å². The van der Waals surface area contributed by atoms with Crippen LogP contribution in [0.2, 0.25) is 0 Å². The van der Waals surface area contributed by atoms with Gasteiger partial charge in [0.05, 0.1) is 17.4 Å². The fourth-order valence-corrected chi connectivity index (χ4v) is 1.89. The van der Waals surface area contributed by atoms with E-state index in [0.29, 0.717) is 11.5 Å². The lowest BCUT2D eigenvalue weighted by molar-refractivity contribution is -0.139. The molecule has 1 unspecified atom stereocenters. The number of carbonyl (C=O) groups is 1. The Morgan fingerprint density at radius 2 is 2.00 bits per heavy atom. The zero-order valence-corrected chi connectivity index (χ0v) is 8.75. The fourth-order valence-electron chi connectivity index (χ4n) is 0.965. The Morgan fingerprint density at radius 3 is 2.57 bits per heavy atom. The van der Waals surface area contributed by atoms with Crippen LogP contribution in [-0.2, 0) is 20.3 Å². The Labute approximate surface area is 85.5 Å². The van der Waals surface area contributed by atoms with E-state index in [1.54, 1.807) is 31.2 Å². The van der Waals surface area contributed by atoms with Crippen molar-refractivity contribution in [1.82, 2.24) is 0 Å². The van der Waals surface area contributed by atoms with Gasteiger partial charge in [0, 0.05) is 4.90 Å². The molecule has 0 aliphatic rings. The maximum atomic E-state index is 11.5. The monoisotopic (exact) mass is 214 g/mol. The summed E-state index contributed by atoms with van der Waals surface area (Å²) in [5.41, 5.74) is 0. The van der Waals surface area contributed by atoms with Crippen molar-refractivity contribution in [3.05, 3.63) is 30.3 Å². The van der Waals surface area contributed by atoms with Crippen LogP contribution in [0.25, 0.3) is 0 Å². The second-order valence-electron chi connectivity index (χ2n) is 2.61. The van der Waals surface area contributed by atoms with Crippen molar-refractivity contribution in [1.29, 1.82) is 0 Å². The van der Waals surface area contributed by atoms with E-state index in [0.717, 1.165) is 0 Å². The number of ether oxygens (including phenoxy) is 1. The Kier molecular flexibility index (Phi) is 4.32. The molecule has 0 bridgehead atoms. The first-order chi connectivity index (χ1) is 6.74. The Morgan fingerprint density at radius 1 is 1.36 bits per heavy atom. The highest BCUT2D eigenvalue weighted by atomic mass is 32.2. The lowest BCUT2D eigenvalue weighted by atomic mass is 10.6. The standard InChI is InChI=1S/C10H12O3S/c1-2-13-10(11)8-14(12)9-6-4-3-5-7-9/h3-7H,2,8H2,1H3/i6+1,9+1. The predicted octanol–water partition coefficient (Wildman–Crippen LogP) is 1.36. The van der Waals surface area contributed by atoms with Crippen LogP contribution in [0.4, 0.5) is 0 Å². The fraction of sp³-hybridized carbons (Fsp3) is 0.300. The molecule has 0 aliphatic carbocycles. The SMILES string of the molecule is CCOC(=O)CS(=O)[13c]1cccc[13cH]1. The summed E-state index contributed by atoms with van der Waals surface area (Å²) in [5, 5.41) is 0. The van der Waals surface area contributed by atoms with E-state index in [9.17, 15) is 9.00 Å². The van der Waals surface area contributed by atoms with Crippen LogP contribution in [-0.4, -0.2) is 22.5 Å². The highest BCUT2D eigenvalue weighted by molar-refractivity contribution is 7.85. The highest BCUT2D eigenvalue weighted by Crippen LogP contribution is 2.05. The van der Waals surface area contributed by atoms with Crippen molar-refractivity contribution in [2.45, 2.75) is 11.8 Å². The summed E-state index contributed by atoms with van der Waals surface area (Å²) in [6.07, 6.45) is 0. The number of esters is 1. The molecule has 1 aromatic rings. The summed E-state index contributed by atoms with van der Waals surface area (Å²) in [6.45, 7) is 2.05. The molecule has 1 rings (SSSR count). The smallest absolute Gasteiger partial charge is 0.318 e. The number of benzene rings is 1. The topological polar surface area (TPSA) is 43.4 Å². The van der Waals surface area contributed by atoms with Crippen molar-refractivity contribution in [3.8, 4) is 0 Å². The molecule has 0 aromatic heterocycles. The van der Waals surface area contributed by atoms with Gasteiger partial charge in [-0.15, -0.1) is 0 Å². The van der Waals surface area contributed by atoms with Crippen molar-refractivity contribution in [2.24, 2.45) is 0 Å². The molecule has 1 aromatic carbocycles. The van der Waals surface area contributed by atoms with Crippen LogP contribution in [0.5, 0.6) is 0 Å². The summed E-state index contributed by atoms with van der Waals surface area (Å²) >= 11 is 0. The molecule has 76 valence electrons. The molecule has 0 saturated carbocycles. The Bertz CT molecular complexity index is 321. The maximum Gasteiger partial charge on any atom is 0.318 e. The van der Waals surface area contributed by atoms with E-state index in [-0.39, 0.29) is 5.75 Å². The van der Waals surface area contributed by atoms with Gasteiger partial charge in [-0.05, 0) is 19.1 Å². The second kappa shape index (κ2) is 5.54. The van der Waals surface area contributed by atoms with Crippen molar-refractivity contribution in [2.75, 3.05) is 12.4 Å². The normalized spacial score (nSPS) is 12.1. The molecule has 0 spiro atoms. The van der Waals surface area contributed by atoms with Gasteiger partial charge in [-0.2, -0.15) is 0 Å². The van der Waals surface area contributed by atoms with Crippen LogP contribution in [0.3, 0.4) is 0 Å². The molecule has 0 radical (unpaired) electrons. The summed E-state index contributed by atoms with van der Waals surface area (Å²) in [5.74, 6) is -0.493. The molecule has 0 heterocycles. The molecule has 3 nitrogen and oxygen atoms in total. The zero-order valence-electron chi connectivity index (χ0n) is 7.93. The first-order valence-electron chi connectivity index (χ1n) is 4.33. The quantitative estimate of drug-likeness (QED) is 0.711. The molecule has 0 fully saturated rings. The van der Waals surface area contributed by atoms with Gasteiger partial charge >= 0.3 is 5.97 Å². The van der Waals surface area contributed by atoms with E-state index >= 15 is 0 Å². The first kappa shape index (κ1) is 10.9. The van der Waals surface area contributed by atoms with Crippen molar-refractivity contribution >= 4 is 16.8 Å². The third-order valence-corrected chi connectivity index (χ3v) is 2.86. The van der Waals surface area contributed by atoms with Crippen LogP contribution < -0.4 is 0 Å². The van der Waals surface area contributed by atoms with Gasteiger partial charge in [0.2, 0.25) is 0 Å². The summed E-state index contributed by atoms with van der Waals surface area (Å²) in [6, 6.07) is 8.88. The number of rotatable bonds is 4. The van der Waals surface area contributed by atoms with Crippen LogP contribution in [0.15, 0.2) is 35.2 Å². The van der Waals surface area contributed by atoms with E-state index in [1.165, 1.54) is 0 Å². The number of hydrogen-bond acceptors (Lipinski definition) is 3. The van der Waals surface area contributed by atoms with Gasteiger partial charge in [0.15, 0.2) is 0 Å². The van der Waals surface area contributed by atoms with E-state index in [2.05, 4.69) is 0 Å². The zero-order chi connectivity index (χ0) is 10.4. The van der Waals surface area contributed by atoms with Crippen molar-refractivity contribution < 1.29 is 13.7 Å². The molecule has 0 saturated heterocycles. The molecular weight excluding hydrogens is 202 g/mol. The van der Waals surface area contributed by atoms with Gasteiger partial charge in [-0.1, -0.05) is 18.2 Å². The number of hydrogen-bond donors (Lipinski definition) is 0. The van der Waals surface area contributed by atoms with Crippen LogP contribution in [0.1, 0.15) is 6.92 Å². The number of carbonyl (C=O) groups excluding carboxylic acids is 1. The van der Waals surface area contributed by atoms with Crippen molar-refractivity contribution in [3.63, 3.8) is 0 Å². The average Bonchev–Trinajstić information content (AvgIpc) is 2.19. The third kappa shape index (κ3) is 3.30. The molecule has 0 N–H and O–H groups in total. The Hall–Kier alpha value is -1.16. The summed E-state index contributed by atoms with van der Waals surface area (Å²) in [4.78, 5) is 11.7. The van der Waals surface area contributed by atoms with Crippen LogP contribution >= 0.6 is 0 Å². The van der Waals surface area contributed by atoms with E-state index < -0.39 is 16.8 Å². The van der Waals surface area contributed by atoms with Crippen LogP contribution in [0, 0.1) is 0 Å². The predicted molar refractivity (Wildman–Crippen MR) is 54.4 cm³/mol. The highest BCUT2D eigenvalue weighted by Gasteiger charge is 2.09. The van der Waals surface area contributed by atoms with Gasteiger partial charge in [-0.25, -0.2) is 0 Å². The lowest BCUT2D eigenvalue weighted by Crippen LogP contribution is -2.13. The minimum atomic E-state index is -1.29.